The number of para-hydroxylation sites is 2. The van der Waals surface area contributed by atoms with Crippen molar-refractivity contribution in [3.63, 3.8) is 0 Å². The Morgan fingerprint density at radius 3 is 2.26 bits per heavy atom. The molecule has 0 radical (unpaired) electrons. The number of hydrogen-bond acceptors (Lipinski definition) is 3. The normalized spacial score (nSPS) is 12.2. The van der Waals surface area contributed by atoms with Gasteiger partial charge in [-0.25, -0.2) is 0 Å². The molecule has 1 aromatic rings. The van der Waals surface area contributed by atoms with E-state index in [1.165, 1.54) is 12.8 Å². The van der Waals surface area contributed by atoms with Crippen LogP contribution in [0.4, 0.5) is 0 Å². The molecule has 1 rings (SSSR count). The van der Waals surface area contributed by atoms with Crippen LogP contribution in [0.1, 0.15) is 39.5 Å². The highest BCUT2D eigenvalue weighted by Gasteiger charge is 2.04. The SMILES string of the molecule is CCCOc1ccccc1OCCCCC(C)NC. The smallest absolute Gasteiger partial charge is 0.161 e. The lowest BCUT2D eigenvalue weighted by molar-refractivity contribution is 0.262. The lowest BCUT2D eigenvalue weighted by atomic mass is 10.1. The predicted octanol–water partition coefficient (Wildman–Crippen LogP) is 3.63. The van der Waals surface area contributed by atoms with Gasteiger partial charge in [-0.3, -0.25) is 0 Å². The van der Waals surface area contributed by atoms with Gasteiger partial charge in [0.1, 0.15) is 0 Å². The summed E-state index contributed by atoms with van der Waals surface area (Å²) in [6, 6.07) is 8.49. The minimum atomic E-state index is 0.583. The molecule has 1 atom stereocenters. The zero-order valence-electron chi connectivity index (χ0n) is 12.4. The van der Waals surface area contributed by atoms with Gasteiger partial charge in [0.15, 0.2) is 11.5 Å². The molecular formula is C16H27NO2. The van der Waals surface area contributed by atoms with E-state index < -0.39 is 0 Å². The first-order valence-electron chi connectivity index (χ1n) is 7.29. The standard InChI is InChI=1S/C16H27NO2/c1-4-12-18-15-10-5-6-11-16(15)19-13-8-7-9-14(2)17-3/h5-6,10-11,14,17H,4,7-9,12-13H2,1-3H3. The molecule has 0 spiro atoms. The molecule has 0 aromatic heterocycles. The van der Waals surface area contributed by atoms with E-state index in [-0.39, 0.29) is 0 Å². The van der Waals surface area contributed by atoms with E-state index in [0.717, 1.165) is 37.6 Å². The van der Waals surface area contributed by atoms with E-state index in [4.69, 9.17) is 9.47 Å². The second-order valence-corrected chi connectivity index (χ2v) is 4.83. The quantitative estimate of drug-likeness (QED) is 0.655. The Bertz CT molecular complexity index is 341. The predicted molar refractivity (Wildman–Crippen MR) is 80.1 cm³/mol. The summed E-state index contributed by atoms with van der Waals surface area (Å²) in [5.74, 6) is 1.71. The van der Waals surface area contributed by atoms with Crippen LogP contribution in [0.25, 0.3) is 0 Å². The largest absolute Gasteiger partial charge is 0.490 e. The molecule has 0 heterocycles. The van der Waals surface area contributed by atoms with Crippen LogP contribution in [-0.2, 0) is 0 Å². The first kappa shape index (κ1) is 15.8. The van der Waals surface area contributed by atoms with Crippen molar-refractivity contribution in [2.45, 2.75) is 45.6 Å². The van der Waals surface area contributed by atoms with E-state index in [1.807, 2.05) is 31.3 Å². The molecule has 108 valence electrons. The van der Waals surface area contributed by atoms with Gasteiger partial charge in [0.25, 0.3) is 0 Å². The van der Waals surface area contributed by atoms with Crippen LogP contribution in [-0.4, -0.2) is 26.3 Å². The van der Waals surface area contributed by atoms with Crippen molar-refractivity contribution >= 4 is 0 Å². The summed E-state index contributed by atoms with van der Waals surface area (Å²) in [6.07, 6.45) is 4.46. The summed E-state index contributed by atoms with van der Waals surface area (Å²) in [6.45, 7) is 5.80. The van der Waals surface area contributed by atoms with Crippen LogP contribution in [0.15, 0.2) is 24.3 Å². The van der Waals surface area contributed by atoms with Crippen molar-refractivity contribution in [2.24, 2.45) is 0 Å². The molecule has 1 unspecified atom stereocenters. The van der Waals surface area contributed by atoms with Crippen LogP contribution >= 0.6 is 0 Å². The van der Waals surface area contributed by atoms with Crippen LogP contribution in [0.2, 0.25) is 0 Å². The highest BCUT2D eigenvalue weighted by atomic mass is 16.5. The second kappa shape index (κ2) is 9.68. The van der Waals surface area contributed by atoms with Gasteiger partial charge in [0.05, 0.1) is 13.2 Å². The van der Waals surface area contributed by atoms with Gasteiger partial charge in [0, 0.05) is 6.04 Å². The highest BCUT2D eigenvalue weighted by Crippen LogP contribution is 2.26. The molecule has 0 aliphatic rings. The topological polar surface area (TPSA) is 30.5 Å². The van der Waals surface area contributed by atoms with E-state index >= 15 is 0 Å². The van der Waals surface area contributed by atoms with Crippen molar-refractivity contribution in [3.05, 3.63) is 24.3 Å². The van der Waals surface area contributed by atoms with Gasteiger partial charge < -0.3 is 14.8 Å². The third-order valence-corrected chi connectivity index (χ3v) is 3.09. The van der Waals surface area contributed by atoms with Gasteiger partial charge in [-0.15, -0.1) is 0 Å². The number of ether oxygens (including phenoxy) is 2. The van der Waals surface area contributed by atoms with Gasteiger partial charge in [-0.1, -0.05) is 19.1 Å². The molecule has 1 N–H and O–H groups in total. The molecule has 0 aliphatic carbocycles. The lowest BCUT2D eigenvalue weighted by Crippen LogP contribution is -2.20. The molecule has 0 saturated heterocycles. The zero-order valence-corrected chi connectivity index (χ0v) is 12.4. The minimum absolute atomic E-state index is 0.583. The number of rotatable bonds is 10. The third-order valence-electron chi connectivity index (χ3n) is 3.09. The van der Waals surface area contributed by atoms with Crippen LogP contribution in [0, 0.1) is 0 Å². The maximum absolute atomic E-state index is 5.80. The van der Waals surface area contributed by atoms with E-state index in [1.54, 1.807) is 0 Å². The van der Waals surface area contributed by atoms with Crippen molar-refractivity contribution in [1.29, 1.82) is 0 Å². The Labute approximate surface area is 117 Å². The fourth-order valence-electron chi connectivity index (χ4n) is 1.78. The Morgan fingerprint density at radius 2 is 1.68 bits per heavy atom. The molecular weight excluding hydrogens is 238 g/mol. The first-order valence-corrected chi connectivity index (χ1v) is 7.29. The van der Waals surface area contributed by atoms with Gasteiger partial charge in [-0.05, 0) is 51.8 Å². The number of benzene rings is 1. The third kappa shape index (κ3) is 6.48. The molecule has 0 amide bonds. The number of hydrogen-bond donors (Lipinski definition) is 1. The van der Waals surface area contributed by atoms with Crippen LogP contribution < -0.4 is 14.8 Å². The van der Waals surface area contributed by atoms with Gasteiger partial charge in [-0.2, -0.15) is 0 Å². The molecule has 19 heavy (non-hydrogen) atoms. The van der Waals surface area contributed by atoms with Gasteiger partial charge >= 0.3 is 0 Å². The summed E-state index contributed by atoms with van der Waals surface area (Å²) in [5.41, 5.74) is 0. The Kier molecular flexibility index (Phi) is 8.07. The fourth-order valence-corrected chi connectivity index (χ4v) is 1.78. The summed E-state index contributed by atoms with van der Waals surface area (Å²) >= 11 is 0. The maximum Gasteiger partial charge on any atom is 0.161 e. The second-order valence-electron chi connectivity index (χ2n) is 4.83. The molecule has 0 bridgehead atoms. The molecule has 3 nitrogen and oxygen atoms in total. The van der Waals surface area contributed by atoms with E-state index in [9.17, 15) is 0 Å². The first-order chi connectivity index (χ1) is 9.27. The molecule has 0 saturated carbocycles. The monoisotopic (exact) mass is 265 g/mol. The van der Waals surface area contributed by atoms with E-state index in [2.05, 4.69) is 19.2 Å². The minimum Gasteiger partial charge on any atom is -0.490 e. The Hall–Kier alpha value is -1.22. The summed E-state index contributed by atoms with van der Waals surface area (Å²) in [7, 11) is 2.00. The molecule has 0 aliphatic heterocycles. The van der Waals surface area contributed by atoms with Crippen LogP contribution in [0.5, 0.6) is 11.5 Å². The summed E-state index contributed by atoms with van der Waals surface area (Å²) in [5, 5.41) is 3.24. The van der Waals surface area contributed by atoms with Gasteiger partial charge in [0.2, 0.25) is 0 Å². The average molecular weight is 265 g/mol. The van der Waals surface area contributed by atoms with Crippen molar-refractivity contribution < 1.29 is 9.47 Å². The molecule has 1 aromatic carbocycles. The Morgan fingerprint density at radius 1 is 1.05 bits per heavy atom. The average Bonchev–Trinajstić information content (AvgIpc) is 2.45. The van der Waals surface area contributed by atoms with Crippen molar-refractivity contribution in [3.8, 4) is 11.5 Å². The fraction of sp³-hybridized carbons (Fsp3) is 0.625. The lowest BCUT2D eigenvalue weighted by Gasteiger charge is -2.13. The zero-order chi connectivity index (χ0) is 13.9. The molecule has 3 heteroatoms. The number of unbranched alkanes of at least 4 members (excludes halogenated alkanes) is 1. The Balaban J connectivity index is 2.28. The van der Waals surface area contributed by atoms with E-state index in [0.29, 0.717) is 6.04 Å². The molecule has 0 fully saturated rings. The summed E-state index contributed by atoms with van der Waals surface area (Å²) in [4.78, 5) is 0. The van der Waals surface area contributed by atoms with Crippen molar-refractivity contribution in [2.75, 3.05) is 20.3 Å². The van der Waals surface area contributed by atoms with Crippen LogP contribution in [0.3, 0.4) is 0 Å². The summed E-state index contributed by atoms with van der Waals surface area (Å²) < 4.78 is 11.5. The van der Waals surface area contributed by atoms with Crippen molar-refractivity contribution in [1.82, 2.24) is 5.32 Å². The number of nitrogens with one attached hydrogen (secondary N) is 1. The highest BCUT2D eigenvalue weighted by molar-refractivity contribution is 5.39. The maximum atomic E-state index is 5.80.